The average molecular weight is 166 g/mol. The van der Waals surface area contributed by atoms with Gasteiger partial charge in [0.25, 0.3) is 0 Å². The van der Waals surface area contributed by atoms with E-state index in [0.717, 1.165) is 6.92 Å². The molecule has 0 aromatic rings. The molecule has 0 saturated carbocycles. The van der Waals surface area contributed by atoms with Gasteiger partial charge in [0.1, 0.15) is 0 Å². The van der Waals surface area contributed by atoms with Gasteiger partial charge in [0.05, 0.1) is 6.04 Å². The topological polar surface area (TPSA) is 133 Å². The molecule has 0 rings (SSSR count). The maximum Gasteiger partial charge on any atom is 0.307 e. The van der Waals surface area contributed by atoms with Gasteiger partial charge in [-0.3, -0.25) is 0 Å². The molecular weight excluding hydrogens is 152 g/mol. The molecule has 0 heterocycles. The van der Waals surface area contributed by atoms with E-state index in [2.05, 4.69) is 0 Å². The van der Waals surface area contributed by atoms with E-state index in [1.54, 1.807) is 0 Å². The van der Waals surface area contributed by atoms with Crippen LogP contribution >= 0.6 is 0 Å². The van der Waals surface area contributed by atoms with Crippen LogP contribution in [0.4, 0.5) is 0 Å². The highest BCUT2D eigenvalue weighted by atomic mass is 16.7. The fourth-order valence-corrected chi connectivity index (χ4v) is 0.478. The zero-order valence-electron chi connectivity index (χ0n) is 6.23. The number of hydrogen-bond acceptors (Lipinski definition) is 6. The van der Waals surface area contributed by atoms with Crippen molar-refractivity contribution in [3.05, 3.63) is 0 Å². The van der Waals surface area contributed by atoms with Crippen LogP contribution in [0.1, 0.15) is 6.92 Å². The summed E-state index contributed by atoms with van der Waals surface area (Å²) in [5.74, 6) is -3.23. The van der Waals surface area contributed by atoms with E-state index in [4.69, 9.17) is 31.9 Å². The monoisotopic (exact) mass is 166 g/mol. The Hall–Kier alpha value is -0.240. The highest BCUT2D eigenvalue weighted by molar-refractivity contribution is 4.91. The van der Waals surface area contributed by atoms with Crippen molar-refractivity contribution in [1.29, 1.82) is 0 Å². The van der Waals surface area contributed by atoms with Crippen LogP contribution in [0.3, 0.4) is 0 Å². The summed E-state index contributed by atoms with van der Waals surface area (Å²) in [5.41, 5.74) is 7.98. The molecule has 0 aliphatic carbocycles. The van der Waals surface area contributed by atoms with Crippen molar-refractivity contribution in [2.75, 3.05) is 6.54 Å². The second kappa shape index (κ2) is 3.02. The Morgan fingerprint density at radius 3 is 1.73 bits per heavy atom. The molecule has 11 heavy (non-hydrogen) atoms. The van der Waals surface area contributed by atoms with Crippen LogP contribution in [0, 0.1) is 0 Å². The minimum atomic E-state index is -3.23. The van der Waals surface area contributed by atoms with Crippen LogP contribution in [0.15, 0.2) is 0 Å². The van der Waals surface area contributed by atoms with Gasteiger partial charge in [0.2, 0.25) is 0 Å². The molecule has 2 atom stereocenters. The Bertz CT molecular complexity index is 131. The first-order valence-corrected chi connectivity index (χ1v) is 3.08. The third-order valence-corrected chi connectivity index (χ3v) is 1.66. The van der Waals surface area contributed by atoms with E-state index in [1.807, 2.05) is 0 Å². The fraction of sp³-hybridized carbons (Fsp3) is 1.00. The van der Waals surface area contributed by atoms with Crippen molar-refractivity contribution in [3.63, 3.8) is 0 Å². The zero-order valence-corrected chi connectivity index (χ0v) is 6.23. The van der Waals surface area contributed by atoms with Gasteiger partial charge in [0, 0.05) is 6.54 Å². The Kier molecular flexibility index (Phi) is 2.95. The number of aliphatic hydroxyl groups is 4. The minimum Gasteiger partial charge on any atom is -0.380 e. The lowest BCUT2D eigenvalue weighted by atomic mass is 9.94. The maximum atomic E-state index is 9.16. The molecule has 0 aliphatic rings. The first-order valence-electron chi connectivity index (χ1n) is 3.08. The first kappa shape index (κ1) is 10.8. The summed E-state index contributed by atoms with van der Waals surface area (Å²) in [5, 5.41) is 34.9. The Morgan fingerprint density at radius 2 is 1.64 bits per heavy atom. The van der Waals surface area contributed by atoms with Crippen molar-refractivity contribution in [1.82, 2.24) is 0 Å². The summed E-state index contributed by atoms with van der Waals surface area (Å²) in [6.45, 7) is 0.807. The van der Waals surface area contributed by atoms with Crippen molar-refractivity contribution in [3.8, 4) is 0 Å². The van der Waals surface area contributed by atoms with Crippen LogP contribution in [-0.2, 0) is 0 Å². The predicted octanol–water partition coefficient (Wildman–Crippen LogP) is -3.35. The van der Waals surface area contributed by atoms with Crippen LogP contribution in [0.2, 0.25) is 0 Å². The molecule has 2 unspecified atom stereocenters. The SMILES string of the molecule is CC(O)(C(N)CN)C(O)(O)O. The lowest BCUT2D eigenvalue weighted by molar-refractivity contribution is -0.389. The van der Waals surface area contributed by atoms with Crippen molar-refractivity contribution >= 4 is 0 Å². The van der Waals surface area contributed by atoms with Crippen LogP contribution in [0.5, 0.6) is 0 Å². The van der Waals surface area contributed by atoms with E-state index >= 15 is 0 Å². The number of hydrogen-bond donors (Lipinski definition) is 6. The van der Waals surface area contributed by atoms with Gasteiger partial charge < -0.3 is 31.9 Å². The van der Waals surface area contributed by atoms with E-state index in [9.17, 15) is 0 Å². The summed E-state index contributed by atoms with van der Waals surface area (Å²) in [6, 6.07) is -1.11. The third kappa shape index (κ3) is 2.09. The lowest BCUT2D eigenvalue weighted by Crippen LogP contribution is -2.64. The third-order valence-electron chi connectivity index (χ3n) is 1.66. The number of rotatable bonds is 3. The minimum absolute atomic E-state index is 0.170. The highest BCUT2D eigenvalue weighted by Crippen LogP contribution is 2.18. The van der Waals surface area contributed by atoms with Crippen LogP contribution in [-0.4, -0.2) is 44.6 Å². The summed E-state index contributed by atoms with van der Waals surface area (Å²) in [6.07, 6.45) is 0. The molecule has 0 fully saturated rings. The Labute approximate surface area is 64.1 Å². The van der Waals surface area contributed by atoms with Gasteiger partial charge in [-0.25, -0.2) is 0 Å². The molecule has 0 amide bonds. The van der Waals surface area contributed by atoms with Gasteiger partial charge in [-0.15, -0.1) is 0 Å². The molecule has 0 bridgehead atoms. The fourth-order valence-electron chi connectivity index (χ4n) is 0.478. The maximum absolute atomic E-state index is 9.16. The molecule has 8 N–H and O–H groups in total. The van der Waals surface area contributed by atoms with Gasteiger partial charge in [-0.05, 0) is 6.92 Å². The predicted molar refractivity (Wildman–Crippen MR) is 37.0 cm³/mol. The first-order chi connectivity index (χ1) is 4.73. The summed E-state index contributed by atoms with van der Waals surface area (Å²) >= 11 is 0. The lowest BCUT2D eigenvalue weighted by Gasteiger charge is -2.35. The van der Waals surface area contributed by atoms with Crippen molar-refractivity contribution in [2.24, 2.45) is 11.5 Å². The van der Waals surface area contributed by atoms with E-state index in [0.29, 0.717) is 0 Å². The Balaban J connectivity index is 4.45. The molecule has 0 aromatic carbocycles. The summed E-state index contributed by atoms with van der Waals surface area (Å²) in [4.78, 5) is 0. The standard InChI is InChI=1S/C5H14N2O4/c1-4(8,3(7)2-6)5(9,10)11/h3,8-11H,2,6-7H2,1H3. The largest absolute Gasteiger partial charge is 0.380 e. The quantitative estimate of drug-likeness (QED) is 0.243. The molecule has 6 nitrogen and oxygen atoms in total. The molecule has 68 valence electrons. The second-order valence-electron chi connectivity index (χ2n) is 2.63. The van der Waals surface area contributed by atoms with Crippen molar-refractivity contribution < 1.29 is 20.4 Å². The van der Waals surface area contributed by atoms with Gasteiger partial charge >= 0.3 is 5.97 Å². The second-order valence-corrected chi connectivity index (χ2v) is 2.63. The molecule has 0 radical (unpaired) electrons. The average Bonchev–Trinajstić information content (AvgIpc) is 1.83. The van der Waals surface area contributed by atoms with Gasteiger partial charge in [-0.1, -0.05) is 0 Å². The summed E-state index contributed by atoms with van der Waals surface area (Å²) in [7, 11) is 0. The molecule has 0 spiro atoms. The van der Waals surface area contributed by atoms with E-state index in [1.165, 1.54) is 0 Å². The number of nitrogens with two attached hydrogens (primary N) is 2. The molecule has 0 saturated heterocycles. The van der Waals surface area contributed by atoms with E-state index < -0.39 is 17.6 Å². The highest BCUT2D eigenvalue weighted by Gasteiger charge is 2.47. The van der Waals surface area contributed by atoms with Gasteiger partial charge in [-0.2, -0.15) is 0 Å². The van der Waals surface area contributed by atoms with Crippen LogP contribution in [0.25, 0.3) is 0 Å². The molecule has 0 aliphatic heterocycles. The molecular formula is C5H14N2O4. The normalized spacial score (nSPS) is 21.0. The Morgan fingerprint density at radius 1 is 1.27 bits per heavy atom. The van der Waals surface area contributed by atoms with Crippen molar-refractivity contribution in [2.45, 2.75) is 24.5 Å². The molecule has 6 heteroatoms. The van der Waals surface area contributed by atoms with E-state index in [-0.39, 0.29) is 6.54 Å². The molecule has 0 aromatic heterocycles. The zero-order chi connectivity index (χ0) is 9.28. The van der Waals surface area contributed by atoms with Gasteiger partial charge in [0.15, 0.2) is 5.60 Å². The summed E-state index contributed by atoms with van der Waals surface area (Å²) < 4.78 is 0. The van der Waals surface area contributed by atoms with Crippen LogP contribution < -0.4 is 11.5 Å². The smallest absolute Gasteiger partial charge is 0.307 e.